The van der Waals surface area contributed by atoms with Crippen LogP contribution in [0, 0.1) is 19.8 Å². The first kappa shape index (κ1) is 44.4. The number of benzene rings is 4. The maximum Gasteiger partial charge on any atom is 0.321 e. The monoisotopic (exact) mass is 847 g/mol. The van der Waals surface area contributed by atoms with Crippen molar-refractivity contribution in [1.82, 2.24) is 35.5 Å². The van der Waals surface area contributed by atoms with Gasteiger partial charge in [0.15, 0.2) is 6.61 Å². The van der Waals surface area contributed by atoms with Crippen molar-refractivity contribution < 1.29 is 24.2 Å². The number of aromatic nitrogens is 2. The number of nitrogens with zero attached hydrogens (tertiary/aromatic N) is 5. The first-order chi connectivity index (χ1) is 30.6. The van der Waals surface area contributed by atoms with Gasteiger partial charge in [-0.25, -0.2) is 9.80 Å². The fraction of sp³-hybridized carbons (Fsp3) is 0.314. The minimum Gasteiger partial charge on any atom is -0.483 e. The Morgan fingerprint density at radius 3 is 2.29 bits per heavy atom. The Morgan fingerprint density at radius 1 is 0.825 bits per heavy atom. The minimum atomic E-state index is -1.15. The molecule has 12 heteroatoms. The number of carbonyl (C=O) groups excluding carboxylic acids is 3. The summed E-state index contributed by atoms with van der Waals surface area (Å²) >= 11 is 0. The highest BCUT2D eigenvalue weighted by molar-refractivity contribution is 5.89. The van der Waals surface area contributed by atoms with E-state index >= 15 is 0 Å². The molecule has 0 radical (unpaired) electrons. The lowest BCUT2D eigenvalue weighted by molar-refractivity contribution is -0.131. The molecule has 1 aliphatic heterocycles. The summed E-state index contributed by atoms with van der Waals surface area (Å²) in [4.78, 5) is 54.8. The van der Waals surface area contributed by atoms with E-state index in [-0.39, 0.29) is 37.6 Å². The molecule has 4 atom stereocenters. The largest absolute Gasteiger partial charge is 0.483 e. The van der Waals surface area contributed by atoms with E-state index in [0.29, 0.717) is 38.2 Å². The zero-order chi connectivity index (χ0) is 44.3. The van der Waals surface area contributed by atoms with E-state index in [0.717, 1.165) is 50.0 Å². The van der Waals surface area contributed by atoms with Crippen LogP contribution < -0.4 is 15.5 Å². The second-order valence-electron chi connectivity index (χ2n) is 16.4. The van der Waals surface area contributed by atoms with Crippen LogP contribution in [0.1, 0.15) is 48.1 Å². The lowest BCUT2D eigenvalue weighted by atomic mass is 9.95. The Balaban J connectivity index is 1.10. The number of carbonyl (C=O) groups is 3. The summed E-state index contributed by atoms with van der Waals surface area (Å²) in [6, 6.07) is 37.2. The van der Waals surface area contributed by atoms with Crippen LogP contribution in [-0.2, 0) is 29.1 Å². The van der Waals surface area contributed by atoms with E-state index in [1.54, 1.807) is 27.2 Å². The Morgan fingerprint density at radius 2 is 1.56 bits per heavy atom. The van der Waals surface area contributed by atoms with Crippen LogP contribution in [0.25, 0.3) is 22.2 Å². The third-order valence-electron chi connectivity index (χ3n) is 11.8. The highest BCUT2D eigenvalue weighted by Crippen LogP contribution is 2.26. The number of aliphatic hydroxyl groups is 1. The number of nitrogens with one attached hydrogen (secondary N) is 2. The van der Waals surface area contributed by atoms with Crippen LogP contribution in [-0.4, -0.2) is 92.2 Å². The number of rotatable bonds is 19. The average molecular weight is 848 g/mol. The van der Waals surface area contributed by atoms with Gasteiger partial charge in [-0.1, -0.05) is 117 Å². The highest BCUT2D eigenvalue weighted by Gasteiger charge is 2.41. The van der Waals surface area contributed by atoms with Crippen molar-refractivity contribution in [2.75, 3.05) is 26.2 Å². The highest BCUT2D eigenvalue weighted by atomic mass is 16.5. The van der Waals surface area contributed by atoms with Gasteiger partial charge in [-0.2, -0.15) is 0 Å². The fourth-order valence-electron chi connectivity index (χ4n) is 8.27. The summed E-state index contributed by atoms with van der Waals surface area (Å²) in [7, 11) is 0. The van der Waals surface area contributed by atoms with Gasteiger partial charge in [0.25, 0.3) is 5.91 Å². The molecule has 7 rings (SSSR count). The van der Waals surface area contributed by atoms with E-state index in [9.17, 15) is 19.5 Å². The molecule has 3 heterocycles. The number of fused-ring (bicyclic) bond motifs is 1. The molecule has 4 amide bonds. The van der Waals surface area contributed by atoms with Gasteiger partial charge in [0.2, 0.25) is 5.91 Å². The predicted octanol–water partition coefficient (Wildman–Crippen LogP) is 7.27. The van der Waals surface area contributed by atoms with E-state index in [4.69, 9.17) is 4.74 Å². The molecule has 0 bridgehead atoms. The van der Waals surface area contributed by atoms with Crippen molar-refractivity contribution in [1.29, 1.82) is 0 Å². The molecule has 3 N–H and O–H groups in total. The lowest BCUT2D eigenvalue weighted by Gasteiger charge is -2.35. The summed E-state index contributed by atoms with van der Waals surface area (Å²) in [5.74, 6) is -0.257. The number of hydrazine groups is 1. The van der Waals surface area contributed by atoms with Crippen LogP contribution in [0.2, 0.25) is 0 Å². The molecule has 0 saturated carbocycles. The summed E-state index contributed by atoms with van der Waals surface area (Å²) in [6.07, 6.45) is 3.33. The maximum atomic E-state index is 14.7. The summed E-state index contributed by atoms with van der Waals surface area (Å²) in [5.41, 5.74) is 10.3. The molecule has 4 aromatic carbocycles. The second-order valence-corrected chi connectivity index (χ2v) is 16.4. The molecule has 1 saturated heterocycles. The number of hydrogen-bond donors (Lipinski definition) is 3. The molecule has 2 aromatic heterocycles. The topological polar surface area (TPSA) is 140 Å². The number of para-hydroxylation sites is 2. The second kappa shape index (κ2) is 21.0. The number of urea groups is 1. The number of amides is 4. The van der Waals surface area contributed by atoms with Crippen LogP contribution in [0.15, 0.2) is 134 Å². The maximum absolute atomic E-state index is 14.7. The van der Waals surface area contributed by atoms with Crippen molar-refractivity contribution in [2.45, 2.75) is 71.8 Å². The third kappa shape index (κ3) is 11.3. The third-order valence-corrected chi connectivity index (χ3v) is 11.8. The van der Waals surface area contributed by atoms with Crippen molar-refractivity contribution in [3.05, 3.63) is 162 Å². The molecular weight excluding hydrogens is 791 g/mol. The summed E-state index contributed by atoms with van der Waals surface area (Å²) in [6.45, 7) is 9.10. The van der Waals surface area contributed by atoms with E-state index in [1.165, 1.54) is 0 Å². The van der Waals surface area contributed by atoms with Gasteiger partial charge in [-0.05, 0) is 78.3 Å². The molecule has 1 aliphatic rings. The predicted molar refractivity (Wildman–Crippen MR) is 245 cm³/mol. The van der Waals surface area contributed by atoms with Crippen LogP contribution in [0.3, 0.4) is 0 Å². The summed E-state index contributed by atoms with van der Waals surface area (Å²) in [5, 5.41) is 18.0. The normalized spacial score (nSPS) is 14.7. The standard InChI is InChI=1S/C51H57N7O5/c1-5-35(2)48(58-29-28-56(51(58)62)32-41-25-27-53-44-20-10-9-18-42(41)44)50(61)54-45(30-38-16-7-6-8-17-38)46(59)33-57(55-47(60)34-63-49-36(3)14-13-15-37(49)4)31-39-21-23-40(24-22-39)43-19-11-12-26-52-43/h6-27,35,45-46,48,59H,5,28-34H2,1-4H3,(H,54,61)(H,55,60)/t35-,45-,46+,48-/m0/s1. The number of pyridine rings is 2. The van der Waals surface area contributed by atoms with Crippen molar-refractivity contribution in [3.63, 3.8) is 0 Å². The van der Waals surface area contributed by atoms with Gasteiger partial charge in [0, 0.05) is 56.1 Å². The Kier molecular flexibility index (Phi) is 14.8. The molecule has 6 aromatic rings. The first-order valence-corrected chi connectivity index (χ1v) is 21.7. The fourth-order valence-corrected chi connectivity index (χ4v) is 8.27. The zero-order valence-corrected chi connectivity index (χ0v) is 36.5. The van der Waals surface area contributed by atoms with E-state index < -0.39 is 24.1 Å². The van der Waals surface area contributed by atoms with Gasteiger partial charge < -0.3 is 25.0 Å². The molecule has 0 unspecified atom stereocenters. The number of hydrogen-bond acceptors (Lipinski definition) is 8. The van der Waals surface area contributed by atoms with Gasteiger partial charge >= 0.3 is 6.03 Å². The Bertz CT molecular complexity index is 2440. The SMILES string of the molecule is CC[C@H](C)[C@@H](C(=O)N[C@@H](Cc1ccccc1)[C@H](O)CN(Cc1ccc(-c2ccccn2)cc1)NC(=O)COc1c(C)cccc1C)N1CCN(Cc2ccnc3ccccc23)C1=O. The summed E-state index contributed by atoms with van der Waals surface area (Å²) < 4.78 is 6.00. The molecule has 63 heavy (non-hydrogen) atoms. The molecule has 326 valence electrons. The lowest BCUT2D eigenvalue weighted by Crippen LogP contribution is -2.58. The molecule has 0 spiro atoms. The molecule has 0 aliphatic carbocycles. The van der Waals surface area contributed by atoms with Crippen molar-refractivity contribution in [3.8, 4) is 17.0 Å². The minimum absolute atomic E-state index is 0.0286. The van der Waals surface area contributed by atoms with Crippen LogP contribution >= 0.6 is 0 Å². The Hall–Kier alpha value is -6.63. The smallest absolute Gasteiger partial charge is 0.321 e. The first-order valence-electron chi connectivity index (χ1n) is 21.7. The molecule has 1 fully saturated rings. The van der Waals surface area contributed by atoms with Gasteiger partial charge in [-0.3, -0.25) is 25.0 Å². The molecular formula is C51H57N7O5. The van der Waals surface area contributed by atoms with Crippen molar-refractivity contribution >= 4 is 28.7 Å². The number of aryl methyl sites for hydroxylation is 2. The quantitative estimate of drug-likeness (QED) is 0.0724. The van der Waals surface area contributed by atoms with Crippen molar-refractivity contribution in [2.24, 2.45) is 5.92 Å². The van der Waals surface area contributed by atoms with Gasteiger partial charge in [0.05, 0.1) is 23.4 Å². The molecule has 12 nitrogen and oxygen atoms in total. The van der Waals surface area contributed by atoms with E-state index in [2.05, 4.69) is 20.7 Å². The Labute approximate surface area is 369 Å². The van der Waals surface area contributed by atoms with Gasteiger partial charge in [-0.15, -0.1) is 0 Å². The zero-order valence-electron chi connectivity index (χ0n) is 36.5. The van der Waals surface area contributed by atoms with Crippen LogP contribution in [0.4, 0.5) is 4.79 Å². The van der Waals surface area contributed by atoms with E-state index in [1.807, 2.05) is 149 Å². The van der Waals surface area contributed by atoms with Crippen LogP contribution in [0.5, 0.6) is 5.75 Å². The average Bonchev–Trinajstić information content (AvgIpc) is 3.64. The van der Waals surface area contributed by atoms with Gasteiger partial charge in [0.1, 0.15) is 11.8 Å². The number of ether oxygens (including phenoxy) is 1. The number of aliphatic hydroxyl groups excluding tert-OH is 1.